The van der Waals surface area contributed by atoms with Gasteiger partial charge in [-0.1, -0.05) is 25.3 Å². The van der Waals surface area contributed by atoms with Crippen molar-refractivity contribution < 1.29 is 19.0 Å². The molecule has 1 atom stereocenters. The van der Waals surface area contributed by atoms with E-state index in [4.69, 9.17) is 4.74 Å². The molecule has 5 heteroatoms. The Labute approximate surface area is 130 Å². The third-order valence-electron chi connectivity index (χ3n) is 3.99. The third kappa shape index (κ3) is 5.30. The number of hydrogen-bond acceptors (Lipinski definition) is 3. The van der Waals surface area contributed by atoms with Crippen LogP contribution in [0, 0.1) is 5.82 Å². The Morgan fingerprint density at radius 1 is 1.41 bits per heavy atom. The molecule has 0 heterocycles. The van der Waals surface area contributed by atoms with Crippen LogP contribution in [0.25, 0.3) is 0 Å². The maximum absolute atomic E-state index is 13.1. The number of benzene rings is 1. The topological polar surface area (TPSA) is 58.6 Å². The molecule has 1 aliphatic carbocycles. The third-order valence-corrected chi connectivity index (χ3v) is 3.99. The average molecular weight is 309 g/mol. The van der Waals surface area contributed by atoms with Crippen LogP contribution in [-0.4, -0.2) is 29.3 Å². The highest BCUT2D eigenvalue weighted by Gasteiger charge is 2.31. The van der Waals surface area contributed by atoms with Crippen LogP contribution in [0.3, 0.4) is 0 Å². The molecule has 1 fully saturated rings. The van der Waals surface area contributed by atoms with Gasteiger partial charge in [-0.05, 0) is 31.9 Å². The summed E-state index contributed by atoms with van der Waals surface area (Å²) in [6, 6.07) is 5.91. The molecule has 2 N–H and O–H groups in total. The van der Waals surface area contributed by atoms with Crippen molar-refractivity contribution in [3.63, 3.8) is 0 Å². The zero-order valence-corrected chi connectivity index (χ0v) is 13.0. The number of rotatable bonds is 6. The Balaban J connectivity index is 1.73. The molecule has 1 aromatic rings. The summed E-state index contributed by atoms with van der Waals surface area (Å²) in [4.78, 5) is 11.9. The Hall–Kier alpha value is -1.62. The molecular weight excluding hydrogens is 285 g/mol. The smallest absolute Gasteiger partial charge is 0.223 e. The molecule has 0 saturated heterocycles. The van der Waals surface area contributed by atoms with Crippen molar-refractivity contribution >= 4 is 5.91 Å². The predicted molar refractivity (Wildman–Crippen MR) is 82.2 cm³/mol. The Bertz CT molecular complexity index is 500. The van der Waals surface area contributed by atoms with Crippen LogP contribution in [0.1, 0.15) is 45.4 Å². The second-order valence-corrected chi connectivity index (χ2v) is 6.15. The first kappa shape index (κ1) is 16.7. The van der Waals surface area contributed by atoms with Crippen molar-refractivity contribution in [2.24, 2.45) is 0 Å². The number of hydrogen-bond donors (Lipinski definition) is 2. The van der Waals surface area contributed by atoms with Crippen LogP contribution in [0.5, 0.6) is 5.75 Å². The lowest BCUT2D eigenvalue weighted by Crippen LogP contribution is -2.41. The molecule has 122 valence electrons. The van der Waals surface area contributed by atoms with Gasteiger partial charge < -0.3 is 15.2 Å². The fourth-order valence-electron chi connectivity index (χ4n) is 2.82. The molecule has 2 rings (SSSR count). The molecule has 0 aliphatic heterocycles. The standard InChI is InChI=1S/C17H24FNO3/c1-13(22-15-7-5-6-14(18)10-15)12-19-16(20)11-17(21)8-3-2-4-9-17/h5-7,10,13,21H,2-4,8-9,11-12H2,1H3,(H,19,20). The first-order valence-corrected chi connectivity index (χ1v) is 7.88. The minimum atomic E-state index is -0.852. The molecule has 22 heavy (non-hydrogen) atoms. The van der Waals surface area contributed by atoms with E-state index in [-0.39, 0.29) is 24.2 Å². The second kappa shape index (κ2) is 7.58. The lowest BCUT2D eigenvalue weighted by molar-refractivity contribution is -0.127. The first-order valence-electron chi connectivity index (χ1n) is 7.88. The van der Waals surface area contributed by atoms with E-state index in [1.807, 2.05) is 0 Å². The van der Waals surface area contributed by atoms with Crippen molar-refractivity contribution in [1.82, 2.24) is 5.32 Å². The number of ether oxygens (including phenoxy) is 1. The van der Waals surface area contributed by atoms with E-state index in [1.165, 1.54) is 12.1 Å². The van der Waals surface area contributed by atoms with Gasteiger partial charge in [-0.25, -0.2) is 4.39 Å². The number of halogens is 1. The summed E-state index contributed by atoms with van der Waals surface area (Å²) in [6.07, 6.45) is 4.33. The quantitative estimate of drug-likeness (QED) is 0.849. The van der Waals surface area contributed by atoms with Crippen LogP contribution in [0.4, 0.5) is 4.39 Å². The Morgan fingerprint density at radius 3 is 2.82 bits per heavy atom. The van der Waals surface area contributed by atoms with Crippen LogP contribution in [0.2, 0.25) is 0 Å². The highest BCUT2D eigenvalue weighted by molar-refractivity contribution is 5.77. The summed E-state index contributed by atoms with van der Waals surface area (Å²) >= 11 is 0. The van der Waals surface area contributed by atoms with Gasteiger partial charge in [0.05, 0.1) is 18.6 Å². The molecule has 1 saturated carbocycles. The second-order valence-electron chi connectivity index (χ2n) is 6.15. The van der Waals surface area contributed by atoms with E-state index in [0.717, 1.165) is 19.3 Å². The van der Waals surface area contributed by atoms with Gasteiger partial charge in [0, 0.05) is 6.07 Å². The van der Waals surface area contributed by atoms with Gasteiger partial charge in [-0.15, -0.1) is 0 Å². The molecule has 0 radical (unpaired) electrons. The minimum absolute atomic E-state index is 0.139. The van der Waals surface area contributed by atoms with Gasteiger partial charge in [0.2, 0.25) is 5.91 Å². The van der Waals surface area contributed by atoms with Crippen molar-refractivity contribution in [3.05, 3.63) is 30.1 Å². The predicted octanol–water partition coefficient (Wildman–Crippen LogP) is 2.79. The zero-order chi connectivity index (χ0) is 16.0. The Morgan fingerprint density at radius 2 is 2.14 bits per heavy atom. The summed E-state index contributed by atoms with van der Waals surface area (Å²) < 4.78 is 18.6. The average Bonchev–Trinajstić information content (AvgIpc) is 2.45. The fraction of sp³-hybridized carbons (Fsp3) is 0.588. The number of amides is 1. The lowest BCUT2D eigenvalue weighted by Gasteiger charge is -2.31. The molecule has 1 aromatic carbocycles. The van der Waals surface area contributed by atoms with Crippen LogP contribution in [0.15, 0.2) is 24.3 Å². The molecule has 0 bridgehead atoms. The van der Waals surface area contributed by atoms with E-state index in [9.17, 15) is 14.3 Å². The summed E-state index contributed by atoms with van der Waals surface area (Å²) in [7, 11) is 0. The lowest BCUT2D eigenvalue weighted by atomic mass is 9.82. The molecule has 1 unspecified atom stereocenters. The molecule has 4 nitrogen and oxygen atoms in total. The van der Waals surface area contributed by atoms with E-state index >= 15 is 0 Å². The van der Waals surface area contributed by atoms with Crippen LogP contribution < -0.4 is 10.1 Å². The SMILES string of the molecule is CC(CNC(=O)CC1(O)CCCCC1)Oc1cccc(F)c1. The normalized spacial score (nSPS) is 18.5. The Kier molecular flexibility index (Phi) is 5.77. The van der Waals surface area contributed by atoms with Gasteiger partial charge in [0.1, 0.15) is 17.7 Å². The fourth-order valence-corrected chi connectivity index (χ4v) is 2.82. The zero-order valence-electron chi connectivity index (χ0n) is 13.0. The monoisotopic (exact) mass is 309 g/mol. The summed E-state index contributed by atoms with van der Waals surface area (Å²) in [5.41, 5.74) is -0.852. The van der Waals surface area contributed by atoms with Crippen molar-refractivity contribution in [2.75, 3.05) is 6.54 Å². The molecule has 0 aromatic heterocycles. The van der Waals surface area contributed by atoms with E-state index in [1.54, 1.807) is 19.1 Å². The molecule has 1 amide bonds. The minimum Gasteiger partial charge on any atom is -0.489 e. The van der Waals surface area contributed by atoms with E-state index < -0.39 is 5.60 Å². The number of carbonyl (C=O) groups is 1. The van der Waals surface area contributed by atoms with Gasteiger partial charge in [-0.3, -0.25) is 4.79 Å². The van der Waals surface area contributed by atoms with Crippen molar-refractivity contribution in [1.29, 1.82) is 0 Å². The number of aliphatic hydroxyl groups is 1. The molecule has 1 aliphatic rings. The first-order chi connectivity index (χ1) is 10.5. The summed E-state index contributed by atoms with van der Waals surface area (Å²) in [5, 5.41) is 13.1. The van der Waals surface area contributed by atoms with Gasteiger partial charge in [0.25, 0.3) is 0 Å². The maximum atomic E-state index is 13.1. The van der Waals surface area contributed by atoms with Gasteiger partial charge >= 0.3 is 0 Å². The molecule has 0 spiro atoms. The highest BCUT2D eigenvalue weighted by atomic mass is 19.1. The van der Waals surface area contributed by atoms with E-state index in [2.05, 4.69) is 5.32 Å². The number of nitrogens with one attached hydrogen (secondary N) is 1. The van der Waals surface area contributed by atoms with Crippen LogP contribution >= 0.6 is 0 Å². The molecular formula is C17H24FNO3. The number of carbonyl (C=O) groups excluding carboxylic acids is 1. The van der Waals surface area contributed by atoms with Crippen molar-refractivity contribution in [3.8, 4) is 5.75 Å². The largest absolute Gasteiger partial charge is 0.489 e. The van der Waals surface area contributed by atoms with Gasteiger partial charge in [0.15, 0.2) is 0 Å². The van der Waals surface area contributed by atoms with Crippen molar-refractivity contribution in [2.45, 2.75) is 57.2 Å². The highest BCUT2D eigenvalue weighted by Crippen LogP contribution is 2.30. The summed E-state index contributed by atoms with van der Waals surface area (Å²) in [5.74, 6) is -0.0833. The van der Waals surface area contributed by atoms with Crippen LogP contribution in [-0.2, 0) is 4.79 Å². The maximum Gasteiger partial charge on any atom is 0.223 e. The summed E-state index contributed by atoms with van der Waals surface area (Å²) in [6.45, 7) is 2.13. The van der Waals surface area contributed by atoms with E-state index in [0.29, 0.717) is 25.1 Å². The van der Waals surface area contributed by atoms with Gasteiger partial charge in [-0.2, -0.15) is 0 Å².